The second-order valence-corrected chi connectivity index (χ2v) is 4.15. The van der Waals surface area contributed by atoms with Crippen LogP contribution in [-0.2, 0) is 4.74 Å². The van der Waals surface area contributed by atoms with Crippen LogP contribution in [0.2, 0.25) is 0 Å². The molecule has 0 aliphatic carbocycles. The lowest BCUT2D eigenvalue weighted by molar-refractivity contribution is 0.00532. The normalized spacial score (nSPS) is 33.2. The lowest BCUT2D eigenvalue weighted by Gasteiger charge is -2.26. The highest BCUT2D eigenvalue weighted by atomic mass is 16.5. The van der Waals surface area contributed by atoms with Crippen molar-refractivity contribution in [1.82, 2.24) is 0 Å². The number of hydrogen-bond acceptors (Lipinski definition) is 2. The van der Waals surface area contributed by atoms with Crippen LogP contribution in [0.5, 0.6) is 0 Å². The van der Waals surface area contributed by atoms with Crippen LogP contribution in [0.1, 0.15) is 40.0 Å². The van der Waals surface area contributed by atoms with Crippen LogP contribution in [0.15, 0.2) is 0 Å². The van der Waals surface area contributed by atoms with Crippen molar-refractivity contribution >= 4 is 0 Å². The molecule has 1 aliphatic rings. The van der Waals surface area contributed by atoms with E-state index in [2.05, 4.69) is 20.8 Å². The molecule has 1 rings (SSSR count). The molecule has 2 heteroatoms. The van der Waals surface area contributed by atoms with Gasteiger partial charge < -0.3 is 9.84 Å². The highest BCUT2D eigenvalue weighted by Crippen LogP contribution is 2.30. The highest BCUT2D eigenvalue weighted by Gasteiger charge is 2.34. The topological polar surface area (TPSA) is 29.5 Å². The van der Waals surface area contributed by atoms with Crippen LogP contribution in [0, 0.1) is 11.8 Å². The van der Waals surface area contributed by atoms with Gasteiger partial charge in [-0.3, -0.25) is 0 Å². The third-order valence-corrected chi connectivity index (χ3v) is 3.33. The minimum Gasteiger partial charge on any atom is -0.392 e. The maximum Gasteiger partial charge on any atom is 0.0626 e. The molecule has 1 saturated heterocycles. The zero-order valence-corrected chi connectivity index (χ0v) is 8.99. The quantitative estimate of drug-likeness (QED) is 0.729. The molecule has 1 heterocycles. The first-order valence-corrected chi connectivity index (χ1v) is 5.50. The Kier molecular flexibility index (Phi) is 4.20. The van der Waals surface area contributed by atoms with Gasteiger partial charge in [0.1, 0.15) is 0 Å². The summed E-state index contributed by atoms with van der Waals surface area (Å²) in [6.07, 6.45) is 3.23. The van der Waals surface area contributed by atoms with Gasteiger partial charge in [-0.1, -0.05) is 27.2 Å². The Bertz CT molecular complexity index is 147. The molecule has 0 saturated carbocycles. The Balaban J connectivity index is 2.49. The number of ether oxygens (including phenoxy) is 1. The molecule has 0 aromatic rings. The van der Waals surface area contributed by atoms with Gasteiger partial charge >= 0.3 is 0 Å². The Hall–Kier alpha value is -0.0800. The van der Waals surface area contributed by atoms with E-state index in [9.17, 15) is 5.11 Å². The molecular formula is C11H22O2. The smallest absolute Gasteiger partial charge is 0.0626 e. The van der Waals surface area contributed by atoms with E-state index >= 15 is 0 Å². The second-order valence-electron chi connectivity index (χ2n) is 4.15. The summed E-state index contributed by atoms with van der Waals surface area (Å²) in [5, 5.41) is 10.0. The second kappa shape index (κ2) is 4.97. The van der Waals surface area contributed by atoms with E-state index in [0.717, 1.165) is 25.9 Å². The van der Waals surface area contributed by atoms with Crippen LogP contribution in [0.3, 0.4) is 0 Å². The van der Waals surface area contributed by atoms with Crippen molar-refractivity contribution in [3.05, 3.63) is 0 Å². The first-order chi connectivity index (χ1) is 6.20. The molecule has 0 aromatic heterocycles. The molecule has 0 aromatic carbocycles. The molecule has 0 radical (unpaired) electrons. The minimum atomic E-state index is -0.169. The van der Waals surface area contributed by atoms with Gasteiger partial charge in [0.25, 0.3) is 0 Å². The fourth-order valence-electron chi connectivity index (χ4n) is 2.14. The van der Waals surface area contributed by atoms with Crippen LogP contribution in [-0.4, -0.2) is 23.9 Å². The predicted octanol–water partition coefficient (Wildman–Crippen LogP) is 2.21. The van der Waals surface area contributed by atoms with Crippen LogP contribution in [0.25, 0.3) is 0 Å². The molecule has 1 fully saturated rings. The van der Waals surface area contributed by atoms with E-state index in [1.54, 1.807) is 0 Å². The van der Waals surface area contributed by atoms with Crippen molar-refractivity contribution in [1.29, 1.82) is 0 Å². The van der Waals surface area contributed by atoms with Gasteiger partial charge in [-0.15, -0.1) is 0 Å². The van der Waals surface area contributed by atoms with Crippen molar-refractivity contribution in [3.63, 3.8) is 0 Å². The monoisotopic (exact) mass is 186 g/mol. The van der Waals surface area contributed by atoms with Crippen molar-refractivity contribution in [2.45, 2.75) is 52.2 Å². The van der Waals surface area contributed by atoms with Gasteiger partial charge in [-0.05, 0) is 18.8 Å². The summed E-state index contributed by atoms with van der Waals surface area (Å²) in [6, 6.07) is 0. The summed E-state index contributed by atoms with van der Waals surface area (Å²) in [6.45, 7) is 7.21. The Morgan fingerprint density at radius 1 is 1.46 bits per heavy atom. The average molecular weight is 186 g/mol. The molecule has 4 unspecified atom stereocenters. The molecule has 0 amide bonds. The third kappa shape index (κ3) is 2.44. The summed E-state index contributed by atoms with van der Waals surface area (Å²) in [5.41, 5.74) is 0. The summed E-state index contributed by atoms with van der Waals surface area (Å²) >= 11 is 0. The van der Waals surface area contributed by atoms with Crippen molar-refractivity contribution < 1.29 is 9.84 Å². The lowest BCUT2D eigenvalue weighted by atomic mass is 9.85. The van der Waals surface area contributed by atoms with Crippen molar-refractivity contribution in [3.8, 4) is 0 Å². The van der Waals surface area contributed by atoms with Crippen LogP contribution < -0.4 is 0 Å². The average Bonchev–Trinajstić information content (AvgIpc) is 2.62. The SMILES string of the molecule is CCC(C)C(O)C1CCOC1CC. The zero-order chi connectivity index (χ0) is 9.84. The fraction of sp³-hybridized carbons (Fsp3) is 1.00. The standard InChI is InChI=1S/C11H22O2/c1-4-8(3)11(12)9-6-7-13-10(9)5-2/h8-12H,4-7H2,1-3H3. The third-order valence-electron chi connectivity index (χ3n) is 3.33. The van der Waals surface area contributed by atoms with Crippen molar-refractivity contribution in [2.24, 2.45) is 11.8 Å². The van der Waals surface area contributed by atoms with Gasteiger partial charge in [0, 0.05) is 12.5 Å². The van der Waals surface area contributed by atoms with E-state index in [0.29, 0.717) is 17.9 Å². The Morgan fingerprint density at radius 3 is 2.69 bits per heavy atom. The summed E-state index contributed by atoms with van der Waals surface area (Å²) in [4.78, 5) is 0. The van der Waals surface area contributed by atoms with Crippen molar-refractivity contribution in [2.75, 3.05) is 6.61 Å². The molecule has 2 nitrogen and oxygen atoms in total. The molecule has 0 bridgehead atoms. The summed E-state index contributed by atoms with van der Waals surface area (Å²) < 4.78 is 5.57. The molecule has 0 spiro atoms. The van der Waals surface area contributed by atoms with E-state index in [-0.39, 0.29) is 6.10 Å². The molecule has 1 aliphatic heterocycles. The maximum absolute atomic E-state index is 10.0. The zero-order valence-electron chi connectivity index (χ0n) is 8.99. The predicted molar refractivity (Wildman–Crippen MR) is 53.6 cm³/mol. The molecule has 78 valence electrons. The van der Waals surface area contributed by atoms with Gasteiger partial charge in [0.2, 0.25) is 0 Å². The first kappa shape index (κ1) is 11.0. The fourth-order valence-corrected chi connectivity index (χ4v) is 2.14. The van der Waals surface area contributed by atoms with Gasteiger partial charge in [0.05, 0.1) is 12.2 Å². The Morgan fingerprint density at radius 2 is 2.15 bits per heavy atom. The molecule has 1 N–H and O–H groups in total. The maximum atomic E-state index is 10.0. The van der Waals surface area contributed by atoms with Gasteiger partial charge in [-0.2, -0.15) is 0 Å². The number of aliphatic hydroxyl groups excluding tert-OH is 1. The largest absolute Gasteiger partial charge is 0.392 e. The van der Waals surface area contributed by atoms with Gasteiger partial charge in [-0.25, -0.2) is 0 Å². The van der Waals surface area contributed by atoms with Crippen LogP contribution >= 0.6 is 0 Å². The number of hydrogen-bond donors (Lipinski definition) is 1. The molecule has 4 atom stereocenters. The molecule has 13 heavy (non-hydrogen) atoms. The van der Waals surface area contributed by atoms with E-state index in [1.165, 1.54) is 0 Å². The highest BCUT2D eigenvalue weighted by molar-refractivity contribution is 4.83. The van der Waals surface area contributed by atoms with Crippen LogP contribution in [0.4, 0.5) is 0 Å². The van der Waals surface area contributed by atoms with E-state index in [1.807, 2.05) is 0 Å². The molecular weight excluding hydrogens is 164 g/mol. The number of aliphatic hydroxyl groups is 1. The number of rotatable bonds is 4. The van der Waals surface area contributed by atoms with E-state index < -0.39 is 0 Å². The first-order valence-electron chi connectivity index (χ1n) is 5.50. The lowest BCUT2D eigenvalue weighted by Crippen LogP contribution is -2.32. The summed E-state index contributed by atoms with van der Waals surface area (Å²) in [7, 11) is 0. The Labute approximate surface area is 81.3 Å². The van der Waals surface area contributed by atoms with Gasteiger partial charge in [0.15, 0.2) is 0 Å². The summed E-state index contributed by atoms with van der Waals surface area (Å²) in [5.74, 6) is 0.778. The van der Waals surface area contributed by atoms with E-state index in [4.69, 9.17) is 4.74 Å². The minimum absolute atomic E-state index is 0.169.